The lowest BCUT2D eigenvalue weighted by Crippen LogP contribution is -2.27. The maximum Gasteiger partial charge on any atom is 0.232 e. The van der Waals surface area contributed by atoms with Crippen molar-refractivity contribution in [1.82, 2.24) is 4.90 Å². The molecule has 0 saturated heterocycles. The number of aryl methyl sites for hydroxylation is 2. The minimum absolute atomic E-state index is 0.148. The third kappa shape index (κ3) is 5.03. The minimum atomic E-state index is 0.148. The fourth-order valence-corrected chi connectivity index (χ4v) is 3.26. The summed E-state index contributed by atoms with van der Waals surface area (Å²) in [7, 11) is 5.91. The van der Waals surface area contributed by atoms with Gasteiger partial charge in [0.25, 0.3) is 0 Å². The van der Waals surface area contributed by atoms with Gasteiger partial charge in [-0.1, -0.05) is 18.2 Å². The molecular weight excluding hydrogens is 316 g/mol. The summed E-state index contributed by atoms with van der Waals surface area (Å²) in [6.07, 6.45) is 0. The second-order valence-corrected chi connectivity index (χ2v) is 7.39. The zero-order valence-electron chi connectivity index (χ0n) is 15.2. The SMILES string of the molecule is Cc1ccc(SCC(=O)N(C)Cc2ccc(N(C)C)cc2)cc1C. The van der Waals surface area contributed by atoms with Gasteiger partial charge in [-0.05, 0) is 54.8 Å². The van der Waals surface area contributed by atoms with Gasteiger partial charge in [0.1, 0.15) is 0 Å². The van der Waals surface area contributed by atoms with Crippen molar-refractivity contribution in [2.45, 2.75) is 25.3 Å². The molecule has 0 atom stereocenters. The second-order valence-electron chi connectivity index (χ2n) is 6.35. The first-order valence-electron chi connectivity index (χ1n) is 8.07. The Morgan fingerprint density at radius 2 is 1.62 bits per heavy atom. The Bertz CT molecular complexity index is 695. The molecule has 4 heteroatoms. The summed E-state index contributed by atoms with van der Waals surface area (Å²) in [5, 5.41) is 0. The predicted octanol–water partition coefficient (Wildman–Crippen LogP) is 4.12. The molecule has 0 aromatic heterocycles. The van der Waals surface area contributed by atoms with Crippen LogP contribution in [-0.4, -0.2) is 37.7 Å². The first-order valence-corrected chi connectivity index (χ1v) is 9.05. The van der Waals surface area contributed by atoms with Gasteiger partial charge in [0, 0.05) is 38.3 Å². The van der Waals surface area contributed by atoms with Crippen molar-refractivity contribution in [3.8, 4) is 0 Å². The van der Waals surface area contributed by atoms with Crippen LogP contribution in [0.15, 0.2) is 47.4 Å². The number of nitrogens with zero attached hydrogens (tertiary/aromatic N) is 2. The molecule has 0 unspecified atom stereocenters. The third-order valence-electron chi connectivity index (χ3n) is 4.14. The van der Waals surface area contributed by atoms with Crippen LogP contribution in [0.4, 0.5) is 5.69 Å². The Morgan fingerprint density at radius 1 is 0.958 bits per heavy atom. The molecule has 2 rings (SSSR count). The second kappa shape index (κ2) is 8.25. The highest BCUT2D eigenvalue weighted by atomic mass is 32.2. The largest absolute Gasteiger partial charge is 0.378 e. The number of thioether (sulfide) groups is 1. The van der Waals surface area contributed by atoms with Crippen LogP contribution in [0, 0.1) is 13.8 Å². The van der Waals surface area contributed by atoms with E-state index in [0.29, 0.717) is 12.3 Å². The van der Waals surface area contributed by atoms with Gasteiger partial charge in [0.05, 0.1) is 5.75 Å². The number of carbonyl (C=O) groups excluding carboxylic acids is 1. The fraction of sp³-hybridized carbons (Fsp3) is 0.350. The number of hydrogen-bond acceptors (Lipinski definition) is 3. The Balaban J connectivity index is 1.88. The van der Waals surface area contributed by atoms with Crippen LogP contribution >= 0.6 is 11.8 Å². The van der Waals surface area contributed by atoms with E-state index < -0.39 is 0 Å². The van der Waals surface area contributed by atoms with Crippen molar-refractivity contribution in [2.24, 2.45) is 0 Å². The van der Waals surface area contributed by atoms with Crippen molar-refractivity contribution < 1.29 is 4.79 Å². The Hall–Kier alpha value is -1.94. The lowest BCUT2D eigenvalue weighted by molar-refractivity contribution is -0.127. The summed E-state index contributed by atoms with van der Waals surface area (Å²) in [6, 6.07) is 14.7. The van der Waals surface area contributed by atoms with Gasteiger partial charge < -0.3 is 9.80 Å². The van der Waals surface area contributed by atoms with Gasteiger partial charge in [0.15, 0.2) is 0 Å². The number of hydrogen-bond donors (Lipinski definition) is 0. The lowest BCUT2D eigenvalue weighted by atomic mass is 10.1. The fourth-order valence-electron chi connectivity index (χ4n) is 2.32. The number of rotatable bonds is 6. The molecule has 3 nitrogen and oxygen atoms in total. The average Bonchev–Trinajstić information content (AvgIpc) is 2.56. The van der Waals surface area contributed by atoms with Gasteiger partial charge in [-0.25, -0.2) is 0 Å². The van der Waals surface area contributed by atoms with Crippen LogP contribution in [-0.2, 0) is 11.3 Å². The summed E-state index contributed by atoms with van der Waals surface area (Å²) in [5.74, 6) is 0.615. The molecule has 0 aliphatic carbocycles. The molecular formula is C20H26N2OS. The van der Waals surface area contributed by atoms with E-state index in [4.69, 9.17) is 0 Å². The molecule has 0 aliphatic heterocycles. The zero-order valence-corrected chi connectivity index (χ0v) is 16.0. The molecule has 0 aliphatic rings. The van der Waals surface area contributed by atoms with E-state index >= 15 is 0 Å². The normalized spacial score (nSPS) is 10.5. The number of benzene rings is 2. The molecule has 0 heterocycles. The molecule has 0 saturated carbocycles. The Kier molecular flexibility index (Phi) is 6.32. The molecule has 2 aromatic carbocycles. The van der Waals surface area contributed by atoms with Gasteiger partial charge >= 0.3 is 0 Å². The average molecular weight is 343 g/mol. The first-order chi connectivity index (χ1) is 11.4. The number of amides is 1. The van der Waals surface area contributed by atoms with Crippen molar-refractivity contribution in [3.63, 3.8) is 0 Å². The minimum Gasteiger partial charge on any atom is -0.378 e. The van der Waals surface area contributed by atoms with Gasteiger partial charge in [0.2, 0.25) is 5.91 Å². The van der Waals surface area contributed by atoms with E-state index in [1.165, 1.54) is 11.1 Å². The molecule has 24 heavy (non-hydrogen) atoms. The smallest absolute Gasteiger partial charge is 0.232 e. The van der Waals surface area contributed by atoms with Crippen molar-refractivity contribution in [1.29, 1.82) is 0 Å². The highest BCUT2D eigenvalue weighted by molar-refractivity contribution is 8.00. The zero-order chi connectivity index (χ0) is 17.7. The van der Waals surface area contributed by atoms with E-state index in [1.807, 2.05) is 21.1 Å². The molecule has 1 amide bonds. The topological polar surface area (TPSA) is 23.6 Å². The van der Waals surface area contributed by atoms with Gasteiger partial charge in [-0.2, -0.15) is 0 Å². The molecule has 0 spiro atoms. The summed E-state index contributed by atoms with van der Waals surface area (Å²) in [5.41, 5.74) is 4.86. The van der Waals surface area contributed by atoms with Crippen LogP contribution in [0.5, 0.6) is 0 Å². The van der Waals surface area contributed by atoms with Crippen LogP contribution < -0.4 is 4.90 Å². The standard InChI is InChI=1S/C20H26N2OS/c1-15-6-11-19(12-16(15)2)24-14-20(23)22(5)13-17-7-9-18(10-8-17)21(3)4/h6-12H,13-14H2,1-5H3. The van der Waals surface area contributed by atoms with Crippen molar-refractivity contribution in [3.05, 3.63) is 59.2 Å². The summed E-state index contributed by atoms with van der Waals surface area (Å²) < 4.78 is 0. The maximum atomic E-state index is 12.3. The molecule has 128 valence electrons. The van der Waals surface area contributed by atoms with E-state index in [1.54, 1.807) is 16.7 Å². The van der Waals surface area contributed by atoms with Crippen molar-refractivity contribution >= 4 is 23.4 Å². The Morgan fingerprint density at radius 3 is 2.21 bits per heavy atom. The molecule has 0 N–H and O–H groups in total. The van der Waals surface area contributed by atoms with E-state index in [9.17, 15) is 4.79 Å². The van der Waals surface area contributed by atoms with Crippen LogP contribution in [0.25, 0.3) is 0 Å². The predicted molar refractivity (Wildman–Crippen MR) is 104 cm³/mol. The lowest BCUT2D eigenvalue weighted by Gasteiger charge is -2.18. The number of carbonyl (C=O) groups is 1. The number of anilines is 1. The Labute approximate surface area is 149 Å². The van der Waals surface area contributed by atoms with Crippen LogP contribution in [0.3, 0.4) is 0 Å². The van der Waals surface area contributed by atoms with E-state index in [0.717, 1.165) is 16.1 Å². The molecule has 0 bridgehead atoms. The highest BCUT2D eigenvalue weighted by Gasteiger charge is 2.10. The summed E-state index contributed by atoms with van der Waals surface area (Å²) in [4.78, 5) is 17.4. The maximum absolute atomic E-state index is 12.3. The quantitative estimate of drug-likeness (QED) is 0.738. The molecule has 0 fully saturated rings. The first kappa shape index (κ1) is 18.4. The van der Waals surface area contributed by atoms with Gasteiger partial charge in [-0.3, -0.25) is 4.79 Å². The molecule has 2 aromatic rings. The molecule has 0 radical (unpaired) electrons. The summed E-state index contributed by atoms with van der Waals surface area (Å²) in [6.45, 7) is 4.84. The van der Waals surface area contributed by atoms with Crippen LogP contribution in [0.1, 0.15) is 16.7 Å². The monoisotopic (exact) mass is 342 g/mol. The summed E-state index contributed by atoms with van der Waals surface area (Å²) >= 11 is 1.60. The third-order valence-corrected chi connectivity index (χ3v) is 5.12. The van der Waals surface area contributed by atoms with Crippen molar-refractivity contribution in [2.75, 3.05) is 31.8 Å². The van der Waals surface area contributed by atoms with Crippen LogP contribution in [0.2, 0.25) is 0 Å². The highest BCUT2D eigenvalue weighted by Crippen LogP contribution is 2.21. The van der Waals surface area contributed by atoms with Gasteiger partial charge in [-0.15, -0.1) is 11.8 Å². The van der Waals surface area contributed by atoms with E-state index in [-0.39, 0.29) is 5.91 Å². The van der Waals surface area contributed by atoms with E-state index in [2.05, 4.69) is 61.2 Å².